The van der Waals surface area contributed by atoms with E-state index in [2.05, 4.69) is 6.92 Å². The third-order valence-electron chi connectivity index (χ3n) is 5.80. The van der Waals surface area contributed by atoms with Gasteiger partial charge in [-0.05, 0) is 51.1 Å². The second kappa shape index (κ2) is 5.81. The number of halogens is 2. The Labute approximate surface area is 144 Å². The number of hydrogen-bond acceptors (Lipinski definition) is 2. The molecule has 3 rings (SSSR count). The first-order chi connectivity index (χ1) is 11.1. The highest BCUT2D eigenvalue weighted by atomic mass is 19.3. The Morgan fingerprint density at radius 2 is 1.75 bits per heavy atom. The molecular formula is C19H27BF2O2. The average Bonchev–Trinajstić information content (AvgIpc) is 2.67. The Kier molecular flexibility index (Phi) is 4.32. The molecular weight excluding hydrogens is 309 g/mol. The molecule has 1 atom stereocenters. The normalized spacial score (nSPS) is 27.1. The predicted molar refractivity (Wildman–Crippen MR) is 92.8 cm³/mol. The van der Waals surface area contributed by atoms with E-state index >= 15 is 0 Å². The summed E-state index contributed by atoms with van der Waals surface area (Å²) in [6.07, 6.45) is 2.49. The molecule has 1 aliphatic carbocycles. The molecule has 2 aliphatic rings. The van der Waals surface area contributed by atoms with Crippen molar-refractivity contribution in [1.82, 2.24) is 0 Å². The van der Waals surface area contributed by atoms with E-state index in [0.717, 1.165) is 24.8 Å². The number of rotatable bonds is 3. The van der Waals surface area contributed by atoms with Crippen LogP contribution in [0.25, 0.3) is 0 Å². The van der Waals surface area contributed by atoms with Gasteiger partial charge in [-0.3, -0.25) is 0 Å². The van der Waals surface area contributed by atoms with E-state index in [0.29, 0.717) is 5.46 Å². The highest BCUT2D eigenvalue weighted by molar-refractivity contribution is 6.62. The zero-order valence-electron chi connectivity index (χ0n) is 15.3. The molecule has 5 heteroatoms. The number of hydrogen-bond donors (Lipinski definition) is 0. The molecule has 1 unspecified atom stereocenters. The average molecular weight is 336 g/mol. The van der Waals surface area contributed by atoms with Crippen molar-refractivity contribution < 1.29 is 18.1 Å². The summed E-state index contributed by atoms with van der Waals surface area (Å²) in [5.41, 5.74) is 0.665. The third kappa shape index (κ3) is 3.01. The van der Waals surface area contributed by atoms with Gasteiger partial charge >= 0.3 is 7.12 Å². The van der Waals surface area contributed by atoms with Gasteiger partial charge in [0.1, 0.15) is 0 Å². The molecule has 0 bridgehead atoms. The van der Waals surface area contributed by atoms with Crippen LogP contribution in [0.2, 0.25) is 0 Å². The van der Waals surface area contributed by atoms with Gasteiger partial charge in [0.25, 0.3) is 5.92 Å². The lowest BCUT2D eigenvalue weighted by atomic mass is 9.73. The topological polar surface area (TPSA) is 18.5 Å². The van der Waals surface area contributed by atoms with Crippen LogP contribution in [0, 0.1) is 5.92 Å². The molecule has 1 aromatic rings. The number of benzene rings is 1. The van der Waals surface area contributed by atoms with Gasteiger partial charge in [0.2, 0.25) is 0 Å². The number of fused-ring (bicyclic) bond motifs is 1. The first kappa shape index (κ1) is 17.9. The summed E-state index contributed by atoms with van der Waals surface area (Å²) in [7, 11) is -0.593. The fourth-order valence-electron chi connectivity index (χ4n) is 3.71. The Hall–Kier alpha value is -0.935. The van der Waals surface area contributed by atoms with Gasteiger partial charge in [-0.1, -0.05) is 38.0 Å². The van der Waals surface area contributed by atoms with Crippen LogP contribution in [0.5, 0.6) is 0 Å². The van der Waals surface area contributed by atoms with Crippen molar-refractivity contribution in [2.24, 2.45) is 5.92 Å². The smallest absolute Gasteiger partial charge is 0.399 e. The van der Waals surface area contributed by atoms with Crippen LogP contribution < -0.4 is 5.46 Å². The van der Waals surface area contributed by atoms with Crippen LogP contribution in [0.4, 0.5) is 8.78 Å². The predicted octanol–water partition coefficient (Wildman–Crippen LogP) is 4.44. The van der Waals surface area contributed by atoms with E-state index in [1.807, 2.05) is 39.8 Å². The van der Waals surface area contributed by atoms with Crippen molar-refractivity contribution in [3.05, 3.63) is 29.3 Å². The molecule has 0 N–H and O–H groups in total. The Balaban J connectivity index is 1.90. The van der Waals surface area contributed by atoms with E-state index in [4.69, 9.17) is 9.31 Å². The molecule has 2 nitrogen and oxygen atoms in total. The minimum Gasteiger partial charge on any atom is -0.399 e. The summed E-state index contributed by atoms with van der Waals surface area (Å²) in [6, 6.07) is 5.32. The van der Waals surface area contributed by atoms with Gasteiger partial charge in [0.15, 0.2) is 0 Å². The zero-order chi connectivity index (χ0) is 17.8. The van der Waals surface area contributed by atoms with E-state index in [1.165, 1.54) is 0 Å². The van der Waals surface area contributed by atoms with Crippen LogP contribution in [0.15, 0.2) is 18.2 Å². The van der Waals surface area contributed by atoms with E-state index in [1.54, 1.807) is 6.07 Å². The van der Waals surface area contributed by atoms with Crippen LogP contribution in [-0.2, 0) is 21.7 Å². The molecule has 1 aliphatic heterocycles. The summed E-state index contributed by atoms with van der Waals surface area (Å²) in [5, 5.41) is 0. The zero-order valence-corrected chi connectivity index (χ0v) is 15.3. The van der Waals surface area contributed by atoms with Gasteiger partial charge in [0.05, 0.1) is 11.2 Å². The summed E-state index contributed by atoms with van der Waals surface area (Å²) < 4.78 is 41.3. The van der Waals surface area contributed by atoms with E-state index < -0.39 is 24.2 Å². The minimum atomic E-state index is -2.77. The van der Waals surface area contributed by atoms with Crippen LogP contribution in [0.3, 0.4) is 0 Å². The second-order valence-electron chi connectivity index (χ2n) is 8.27. The maximum atomic E-state index is 14.7. The highest BCUT2D eigenvalue weighted by Gasteiger charge is 2.52. The first-order valence-corrected chi connectivity index (χ1v) is 8.92. The van der Waals surface area contributed by atoms with Gasteiger partial charge in [-0.15, -0.1) is 0 Å². The SMILES string of the molecule is CCCC1Cc2ccc(B3OC(C)(C)C(C)(C)O3)cc2C(F)(F)C1. The first-order valence-electron chi connectivity index (χ1n) is 8.92. The molecule has 1 fully saturated rings. The lowest BCUT2D eigenvalue weighted by Gasteiger charge is -2.32. The van der Waals surface area contributed by atoms with Gasteiger partial charge < -0.3 is 9.31 Å². The second-order valence-corrected chi connectivity index (χ2v) is 8.27. The standard InChI is InChI=1S/C19H27BF2O2/c1-6-7-13-10-14-8-9-15(11-16(14)19(21,22)12-13)20-23-17(2,3)18(4,5)24-20/h8-9,11,13H,6-7,10,12H2,1-5H3. The Morgan fingerprint density at radius 3 is 2.33 bits per heavy atom. The van der Waals surface area contributed by atoms with Crippen LogP contribution in [-0.4, -0.2) is 18.3 Å². The molecule has 0 spiro atoms. The molecule has 0 aromatic heterocycles. The third-order valence-corrected chi connectivity index (χ3v) is 5.80. The monoisotopic (exact) mass is 336 g/mol. The van der Waals surface area contributed by atoms with Crippen LogP contribution >= 0.6 is 0 Å². The van der Waals surface area contributed by atoms with Crippen molar-refractivity contribution >= 4 is 12.6 Å². The minimum absolute atomic E-state index is 0.0549. The molecule has 0 amide bonds. The fraction of sp³-hybridized carbons (Fsp3) is 0.684. The lowest BCUT2D eigenvalue weighted by Crippen LogP contribution is -2.41. The Morgan fingerprint density at radius 1 is 1.12 bits per heavy atom. The van der Waals surface area contributed by atoms with Crippen molar-refractivity contribution in [3.8, 4) is 0 Å². The van der Waals surface area contributed by atoms with Gasteiger partial charge in [-0.2, -0.15) is 0 Å². The lowest BCUT2D eigenvalue weighted by molar-refractivity contribution is -0.0387. The molecule has 1 aromatic carbocycles. The van der Waals surface area contributed by atoms with Gasteiger partial charge in [-0.25, -0.2) is 8.78 Å². The molecule has 1 saturated heterocycles. The molecule has 132 valence electrons. The maximum Gasteiger partial charge on any atom is 0.494 e. The summed E-state index contributed by atoms with van der Waals surface area (Å²) in [5.74, 6) is -2.70. The van der Waals surface area contributed by atoms with Crippen LogP contribution in [0.1, 0.15) is 65.0 Å². The maximum absolute atomic E-state index is 14.7. The summed E-state index contributed by atoms with van der Waals surface area (Å²) in [6.45, 7) is 9.92. The van der Waals surface area contributed by atoms with E-state index in [-0.39, 0.29) is 17.9 Å². The molecule has 1 heterocycles. The molecule has 0 saturated carbocycles. The fourth-order valence-corrected chi connectivity index (χ4v) is 3.71. The molecule has 0 radical (unpaired) electrons. The van der Waals surface area contributed by atoms with E-state index in [9.17, 15) is 8.78 Å². The Bertz CT molecular complexity index is 612. The summed E-state index contributed by atoms with van der Waals surface area (Å²) >= 11 is 0. The number of alkyl halides is 2. The molecule has 24 heavy (non-hydrogen) atoms. The van der Waals surface area contributed by atoms with Gasteiger partial charge in [0, 0.05) is 12.0 Å². The van der Waals surface area contributed by atoms with Crippen molar-refractivity contribution in [2.75, 3.05) is 0 Å². The summed E-state index contributed by atoms with van der Waals surface area (Å²) in [4.78, 5) is 0. The van der Waals surface area contributed by atoms with Crippen molar-refractivity contribution in [1.29, 1.82) is 0 Å². The highest BCUT2D eigenvalue weighted by Crippen LogP contribution is 2.44. The van der Waals surface area contributed by atoms with Crippen molar-refractivity contribution in [2.45, 2.75) is 77.4 Å². The van der Waals surface area contributed by atoms with Crippen molar-refractivity contribution in [3.63, 3.8) is 0 Å². The largest absolute Gasteiger partial charge is 0.494 e. The quantitative estimate of drug-likeness (QED) is 0.760.